The highest BCUT2D eigenvalue weighted by Gasteiger charge is 2.10. The lowest BCUT2D eigenvalue weighted by atomic mass is 10.3. The summed E-state index contributed by atoms with van der Waals surface area (Å²) in [5.74, 6) is 0.255. The maximum atomic E-state index is 14.2. The maximum Gasteiger partial charge on any atom is 0.257 e. The smallest absolute Gasteiger partial charge is 0.257 e. The van der Waals surface area contributed by atoms with Gasteiger partial charge in [-0.15, -0.1) is 0 Å². The Morgan fingerprint density at radius 1 is 1.17 bits per heavy atom. The Balaban J connectivity index is 1.74. The number of likely N-dealkylation sites (N-methyl/N-ethyl adjacent to an activating group) is 1. The van der Waals surface area contributed by atoms with E-state index in [9.17, 15) is 9.18 Å². The summed E-state index contributed by atoms with van der Waals surface area (Å²) in [4.78, 5) is 19.4. The van der Waals surface area contributed by atoms with Gasteiger partial charge in [0.25, 0.3) is 5.91 Å². The Morgan fingerprint density at radius 2 is 1.97 bits per heavy atom. The Bertz CT molecular complexity index is 1050. The van der Waals surface area contributed by atoms with Crippen LogP contribution in [0.2, 0.25) is 5.02 Å². The number of nitrogens with one attached hydrogen (secondary N) is 3. The van der Waals surface area contributed by atoms with E-state index in [1.165, 1.54) is 14.2 Å². The second-order valence-corrected chi connectivity index (χ2v) is 6.39. The number of nitrogens with zero attached hydrogens (tertiary/aromatic N) is 2. The molecule has 10 heteroatoms. The molecule has 0 saturated heterocycles. The van der Waals surface area contributed by atoms with Crippen LogP contribution in [0, 0.1) is 5.82 Å². The van der Waals surface area contributed by atoms with Crippen LogP contribution < -0.4 is 25.4 Å². The zero-order chi connectivity index (χ0) is 21.5. The van der Waals surface area contributed by atoms with Gasteiger partial charge in [0.15, 0.2) is 18.2 Å². The first-order valence-electron chi connectivity index (χ1n) is 8.82. The molecule has 1 heterocycles. The summed E-state index contributed by atoms with van der Waals surface area (Å²) >= 11 is 6.10. The van der Waals surface area contributed by atoms with Crippen molar-refractivity contribution in [2.75, 3.05) is 31.4 Å². The van der Waals surface area contributed by atoms with Crippen molar-refractivity contribution in [2.24, 2.45) is 0 Å². The molecule has 30 heavy (non-hydrogen) atoms. The van der Waals surface area contributed by atoms with Gasteiger partial charge in [0.05, 0.1) is 18.3 Å². The molecule has 0 fully saturated rings. The second-order valence-electron chi connectivity index (χ2n) is 5.98. The second kappa shape index (κ2) is 9.75. The predicted octanol–water partition coefficient (Wildman–Crippen LogP) is 3.89. The predicted molar refractivity (Wildman–Crippen MR) is 113 cm³/mol. The summed E-state index contributed by atoms with van der Waals surface area (Å²) in [6.45, 7) is -0.106. The standard InChI is InChI=1S/C20H19ClFN5O3/c1-23-18(28)11-30-14-5-3-4-12(8-14)26-20-24-10-16(22)19(27-20)25-13-6-7-17(29-2)15(21)9-13/h3-10H,11H2,1-2H3,(H,23,28)(H2,24,25,26,27). The van der Waals surface area contributed by atoms with Gasteiger partial charge < -0.3 is 25.4 Å². The molecule has 0 aliphatic rings. The molecule has 8 nitrogen and oxygen atoms in total. The molecule has 3 rings (SSSR count). The third-order valence-corrected chi connectivity index (χ3v) is 4.19. The van der Waals surface area contributed by atoms with Crippen molar-refractivity contribution in [3.05, 3.63) is 59.5 Å². The SMILES string of the molecule is CNC(=O)COc1cccc(Nc2ncc(F)c(Nc3ccc(OC)c(Cl)c3)n2)c1. The monoisotopic (exact) mass is 431 g/mol. The highest BCUT2D eigenvalue weighted by Crippen LogP contribution is 2.29. The number of amides is 1. The van der Waals surface area contributed by atoms with Gasteiger partial charge in [0.1, 0.15) is 11.5 Å². The summed E-state index contributed by atoms with van der Waals surface area (Å²) < 4.78 is 24.7. The fraction of sp³-hybridized carbons (Fsp3) is 0.150. The Kier molecular flexibility index (Phi) is 6.87. The highest BCUT2D eigenvalue weighted by atomic mass is 35.5. The van der Waals surface area contributed by atoms with E-state index in [-0.39, 0.29) is 24.3 Å². The van der Waals surface area contributed by atoms with E-state index >= 15 is 0 Å². The van der Waals surface area contributed by atoms with Crippen molar-refractivity contribution in [3.8, 4) is 11.5 Å². The lowest BCUT2D eigenvalue weighted by Gasteiger charge is -2.11. The quantitative estimate of drug-likeness (QED) is 0.497. The van der Waals surface area contributed by atoms with Crippen LogP contribution in [0.5, 0.6) is 11.5 Å². The minimum Gasteiger partial charge on any atom is -0.495 e. The summed E-state index contributed by atoms with van der Waals surface area (Å²) in [7, 11) is 3.04. The molecule has 1 aromatic heterocycles. The lowest BCUT2D eigenvalue weighted by molar-refractivity contribution is -0.122. The third-order valence-electron chi connectivity index (χ3n) is 3.90. The number of aromatic nitrogens is 2. The number of hydrogen-bond donors (Lipinski definition) is 3. The maximum absolute atomic E-state index is 14.2. The van der Waals surface area contributed by atoms with Gasteiger partial charge in [0, 0.05) is 24.5 Å². The van der Waals surface area contributed by atoms with E-state index in [4.69, 9.17) is 21.1 Å². The van der Waals surface area contributed by atoms with Crippen LogP contribution in [0.15, 0.2) is 48.7 Å². The van der Waals surface area contributed by atoms with Gasteiger partial charge in [-0.3, -0.25) is 4.79 Å². The molecule has 1 amide bonds. The van der Waals surface area contributed by atoms with E-state index in [0.29, 0.717) is 27.9 Å². The van der Waals surface area contributed by atoms with Crippen molar-refractivity contribution in [2.45, 2.75) is 0 Å². The first-order chi connectivity index (χ1) is 14.5. The van der Waals surface area contributed by atoms with Gasteiger partial charge in [-0.05, 0) is 30.3 Å². The Morgan fingerprint density at radius 3 is 2.70 bits per heavy atom. The minimum atomic E-state index is -0.629. The van der Waals surface area contributed by atoms with Crippen molar-refractivity contribution in [1.82, 2.24) is 15.3 Å². The normalized spacial score (nSPS) is 10.3. The molecular formula is C20H19ClFN5O3. The van der Waals surface area contributed by atoms with E-state index < -0.39 is 5.82 Å². The van der Waals surface area contributed by atoms with Crippen LogP contribution in [0.4, 0.5) is 27.5 Å². The molecular weight excluding hydrogens is 413 g/mol. The highest BCUT2D eigenvalue weighted by molar-refractivity contribution is 6.32. The number of methoxy groups -OCH3 is 1. The van der Waals surface area contributed by atoms with E-state index in [0.717, 1.165) is 6.20 Å². The molecule has 0 bridgehead atoms. The summed E-state index contributed by atoms with van der Waals surface area (Å²) in [6, 6.07) is 11.8. The van der Waals surface area contributed by atoms with Crippen molar-refractivity contribution < 1.29 is 18.7 Å². The molecule has 0 saturated carbocycles. The van der Waals surface area contributed by atoms with Crippen LogP contribution in [-0.4, -0.2) is 36.6 Å². The van der Waals surface area contributed by atoms with E-state index in [1.807, 2.05) is 0 Å². The number of halogens is 2. The molecule has 156 valence electrons. The molecule has 0 atom stereocenters. The van der Waals surface area contributed by atoms with Gasteiger partial charge >= 0.3 is 0 Å². The summed E-state index contributed by atoms with van der Waals surface area (Å²) in [5, 5.41) is 8.69. The largest absolute Gasteiger partial charge is 0.495 e. The third kappa shape index (κ3) is 5.48. The fourth-order valence-corrected chi connectivity index (χ4v) is 2.67. The van der Waals surface area contributed by atoms with Crippen LogP contribution in [-0.2, 0) is 4.79 Å². The molecule has 0 unspecified atom stereocenters. The fourth-order valence-electron chi connectivity index (χ4n) is 2.41. The number of anilines is 4. The van der Waals surface area contributed by atoms with Gasteiger partial charge in [-0.25, -0.2) is 9.37 Å². The number of rotatable bonds is 8. The molecule has 3 aromatic rings. The van der Waals surface area contributed by atoms with Crippen LogP contribution in [0.3, 0.4) is 0 Å². The van der Waals surface area contributed by atoms with Crippen molar-refractivity contribution in [1.29, 1.82) is 0 Å². The van der Waals surface area contributed by atoms with E-state index in [2.05, 4.69) is 25.9 Å². The van der Waals surface area contributed by atoms with Gasteiger partial charge in [0.2, 0.25) is 5.95 Å². The first kappa shape index (κ1) is 21.1. The van der Waals surface area contributed by atoms with Crippen LogP contribution in [0.1, 0.15) is 0 Å². The Labute approximate surface area is 177 Å². The van der Waals surface area contributed by atoms with Crippen LogP contribution >= 0.6 is 11.6 Å². The molecule has 0 aliphatic carbocycles. The minimum absolute atomic E-state index is 0.0271. The molecule has 0 radical (unpaired) electrons. The van der Waals surface area contributed by atoms with Gasteiger partial charge in [-0.1, -0.05) is 17.7 Å². The van der Waals surface area contributed by atoms with Crippen LogP contribution in [0.25, 0.3) is 0 Å². The summed E-state index contributed by atoms with van der Waals surface area (Å²) in [5.41, 5.74) is 1.14. The lowest BCUT2D eigenvalue weighted by Crippen LogP contribution is -2.24. The van der Waals surface area contributed by atoms with E-state index in [1.54, 1.807) is 42.5 Å². The molecule has 3 N–H and O–H groups in total. The van der Waals surface area contributed by atoms with Gasteiger partial charge in [-0.2, -0.15) is 4.98 Å². The zero-order valence-electron chi connectivity index (χ0n) is 16.2. The zero-order valence-corrected chi connectivity index (χ0v) is 17.0. The number of carbonyl (C=O) groups is 1. The van der Waals surface area contributed by atoms with Crippen molar-refractivity contribution >= 4 is 40.6 Å². The topological polar surface area (TPSA) is 97.4 Å². The molecule has 0 spiro atoms. The summed E-state index contributed by atoms with van der Waals surface area (Å²) in [6.07, 6.45) is 1.05. The molecule has 2 aromatic carbocycles. The number of benzene rings is 2. The average Bonchev–Trinajstić information content (AvgIpc) is 2.75. The number of hydrogen-bond acceptors (Lipinski definition) is 7. The Hall–Kier alpha value is -3.59. The van der Waals surface area contributed by atoms with Crippen molar-refractivity contribution in [3.63, 3.8) is 0 Å². The average molecular weight is 432 g/mol. The molecule has 0 aliphatic heterocycles. The number of ether oxygens (including phenoxy) is 2. The number of carbonyl (C=O) groups excluding carboxylic acids is 1. The first-order valence-corrected chi connectivity index (χ1v) is 9.20.